The van der Waals surface area contributed by atoms with Gasteiger partial charge in [0.2, 0.25) is 0 Å². The molecule has 0 atom stereocenters. The fourth-order valence-electron chi connectivity index (χ4n) is 1.98. The number of aromatic carboxylic acids is 1. The summed E-state index contributed by atoms with van der Waals surface area (Å²) in [7, 11) is 0. The van der Waals surface area contributed by atoms with Crippen LogP contribution in [0, 0.1) is 18.3 Å². The Hall–Kier alpha value is -3.30. The smallest absolute Gasteiger partial charge is 0.335 e. The van der Waals surface area contributed by atoms with Crippen molar-refractivity contribution in [3.05, 3.63) is 70.4 Å². The number of hydrogen-bond donors (Lipinski definition) is 3. The average molecular weight is 356 g/mol. The summed E-state index contributed by atoms with van der Waals surface area (Å²) >= 11 is 5.92. The Kier molecular flexibility index (Phi) is 5.77. The minimum absolute atomic E-state index is 0.0352. The highest BCUT2D eigenvalue weighted by Crippen LogP contribution is 2.20. The first-order chi connectivity index (χ1) is 11.9. The quantitative estimate of drug-likeness (QED) is 0.559. The van der Waals surface area contributed by atoms with Crippen LogP contribution in [0.25, 0.3) is 0 Å². The van der Waals surface area contributed by atoms with E-state index in [1.807, 2.05) is 13.0 Å². The number of carboxylic acids is 1. The number of benzene rings is 2. The summed E-state index contributed by atoms with van der Waals surface area (Å²) in [4.78, 5) is 23.1. The number of nitrogens with one attached hydrogen (secondary N) is 2. The number of carbonyl (C=O) groups is 2. The van der Waals surface area contributed by atoms with Crippen LogP contribution in [0.4, 0.5) is 11.4 Å². The van der Waals surface area contributed by atoms with E-state index in [1.54, 1.807) is 18.2 Å². The number of aryl methyl sites for hydroxylation is 1. The van der Waals surface area contributed by atoms with Crippen molar-refractivity contribution in [2.75, 3.05) is 10.6 Å². The fourth-order valence-corrected chi connectivity index (χ4v) is 2.15. The van der Waals surface area contributed by atoms with E-state index in [4.69, 9.17) is 16.7 Å². The van der Waals surface area contributed by atoms with E-state index in [0.717, 1.165) is 5.56 Å². The average Bonchev–Trinajstić information content (AvgIpc) is 2.58. The Morgan fingerprint density at radius 3 is 2.68 bits per heavy atom. The molecule has 0 radical (unpaired) electrons. The van der Waals surface area contributed by atoms with Gasteiger partial charge in [0.1, 0.15) is 11.6 Å². The Labute approximate surface area is 149 Å². The predicted octanol–water partition coefficient (Wildman–Crippen LogP) is 3.80. The molecule has 0 fully saturated rings. The van der Waals surface area contributed by atoms with Gasteiger partial charge >= 0.3 is 5.97 Å². The minimum Gasteiger partial charge on any atom is -0.478 e. The van der Waals surface area contributed by atoms with Crippen molar-refractivity contribution in [3.8, 4) is 6.07 Å². The van der Waals surface area contributed by atoms with Crippen LogP contribution in [0.3, 0.4) is 0 Å². The van der Waals surface area contributed by atoms with Gasteiger partial charge in [-0.3, -0.25) is 4.79 Å². The Morgan fingerprint density at radius 2 is 2.00 bits per heavy atom. The molecule has 0 spiro atoms. The SMILES string of the molecule is Cc1ccc(Cl)cc1N/C=C(/C#N)C(=O)Nc1cccc(C(=O)O)c1. The molecule has 0 aromatic heterocycles. The van der Waals surface area contributed by atoms with Crippen LogP contribution < -0.4 is 10.6 Å². The van der Waals surface area contributed by atoms with Crippen LogP contribution in [0.15, 0.2) is 54.2 Å². The number of amides is 1. The van der Waals surface area contributed by atoms with Gasteiger partial charge in [0.25, 0.3) is 5.91 Å². The summed E-state index contributed by atoms with van der Waals surface area (Å²) in [6.07, 6.45) is 1.27. The van der Waals surface area contributed by atoms with E-state index in [1.165, 1.54) is 30.5 Å². The third-order valence-electron chi connectivity index (χ3n) is 3.30. The van der Waals surface area contributed by atoms with E-state index < -0.39 is 11.9 Å². The molecule has 1 amide bonds. The first-order valence-corrected chi connectivity index (χ1v) is 7.56. The molecule has 7 heteroatoms. The maximum atomic E-state index is 12.2. The van der Waals surface area contributed by atoms with Gasteiger partial charge in [0, 0.05) is 22.6 Å². The lowest BCUT2D eigenvalue weighted by Gasteiger charge is -2.08. The van der Waals surface area contributed by atoms with Crippen molar-refractivity contribution >= 4 is 34.9 Å². The molecule has 0 heterocycles. The number of hydrogen-bond acceptors (Lipinski definition) is 4. The molecule has 0 saturated carbocycles. The van der Waals surface area contributed by atoms with Gasteiger partial charge in [0.15, 0.2) is 0 Å². The lowest BCUT2D eigenvalue weighted by atomic mass is 10.2. The van der Waals surface area contributed by atoms with E-state index >= 15 is 0 Å². The zero-order valence-corrected chi connectivity index (χ0v) is 14.0. The molecule has 6 nitrogen and oxygen atoms in total. The molecule has 0 aliphatic rings. The fraction of sp³-hybridized carbons (Fsp3) is 0.0556. The molecular formula is C18H14ClN3O3. The molecule has 0 saturated heterocycles. The number of carbonyl (C=O) groups excluding carboxylic acids is 1. The molecule has 2 rings (SSSR count). The number of rotatable bonds is 5. The Bertz CT molecular complexity index is 901. The molecule has 2 aromatic rings. The van der Waals surface area contributed by atoms with Gasteiger partial charge in [0.05, 0.1) is 5.56 Å². The highest BCUT2D eigenvalue weighted by Gasteiger charge is 2.11. The van der Waals surface area contributed by atoms with Crippen LogP contribution in [-0.4, -0.2) is 17.0 Å². The number of nitrogens with zero attached hydrogens (tertiary/aromatic N) is 1. The molecule has 3 N–H and O–H groups in total. The summed E-state index contributed by atoms with van der Waals surface area (Å²) in [6, 6.07) is 12.8. The van der Waals surface area contributed by atoms with Crippen LogP contribution in [-0.2, 0) is 4.79 Å². The van der Waals surface area contributed by atoms with Crippen molar-refractivity contribution in [3.63, 3.8) is 0 Å². The molecule has 126 valence electrons. The summed E-state index contributed by atoms with van der Waals surface area (Å²) < 4.78 is 0. The largest absolute Gasteiger partial charge is 0.478 e. The van der Waals surface area contributed by atoms with Gasteiger partial charge in [-0.05, 0) is 42.8 Å². The van der Waals surface area contributed by atoms with E-state index in [0.29, 0.717) is 10.7 Å². The summed E-state index contributed by atoms with van der Waals surface area (Å²) in [5.74, 6) is -1.76. The minimum atomic E-state index is -1.11. The van der Waals surface area contributed by atoms with Gasteiger partial charge < -0.3 is 15.7 Å². The second kappa shape index (κ2) is 7.99. The molecular weight excluding hydrogens is 342 g/mol. The van der Waals surface area contributed by atoms with Gasteiger partial charge in [-0.25, -0.2) is 4.79 Å². The number of carboxylic acid groups (broad SMARTS) is 1. The normalized spacial score (nSPS) is 10.7. The van der Waals surface area contributed by atoms with Crippen molar-refractivity contribution in [1.82, 2.24) is 0 Å². The number of nitriles is 1. The zero-order chi connectivity index (χ0) is 18.4. The predicted molar refractivity (Wildman–Crippen MR) is 95.5 cm³/mol. The van der Waals surface area contributed by atoms with Crippen LogP contribution in [0.2, 0.25) is 5.02 Å². The van der Waals surface area contributed by atoms with Crippen molar-refractivity contribution in [2.45, 2.75) is 6.92 Å². The monoisotopic (exact) mass is 355 g/mol. The third kappa shape index (κ3) is 4.83. The van der Waals surface area contributed by atoms with Crippen LogP contribution in [0.1, 0.15) is 15.9 Å². The van der Waals surface area contributed by atoms with Gasteiger partial charge in [-0.15, -0.1) is 0 Å². The zero-order valence-electron chi connectivity index (χ0n) is 13.2. The van der Waals surface area contributed by atoms with E-state index in [-0.39, 0.29) is 16.8 Å². The van der Waals surface area contributed by atoms with Gasteiger partial charge in [-0.2, -0.15) is 5.26 Å². The molecule has 0 bridgehead atoms. The Balaban J connectivity index is 2.15. The Morgan fingerprint density at radius 1 is 1.24 bits per heavy atom. The lowest BCUT2D eigenvalue weighted by Crippen LogP contribution is -2.15. The molecule has 0 aliphatic heterocycles. The number of halogens is 1. The second-order valence-electron chi connectivity index (χ2n) is 5.11. The van der Waals surface area contributed by atoms with Crippen LogP contribution in [0.5, 0.6) is 0 Å². The first-order valence-electron chi connectivity index (χ1n) is 7.18. The lowest BCUT2D eigenvalue weighted by molar-refractivity contribution is -0.112. The molecule has 2 aromatic carbocycles. The summed E-state index contributed by atoms with van der Waals surface area (Å²) in [5, 5.41) is 24.0. The standard InChI is InChI=1S/C18H14ClN3O3/c1-11-5-6-14(19)8-16(11)21-10-13(9-20)17(23)22-15-4-2-3-12(7-15)18(24)25/h2-8,10,21H,1H3,(H,22,23)(H,24,25)/b13-10-. The highest BCUT2D eigenvalue weighted by molar-refractivity contribution is 6.30. The van der Waals surface area contributed by atoms with E-state index in [9.17, 15) is 14.9 Å². The molecule has 0 aliphatic carbocycles. The van der Waals surface area contributed by atoms with Crippen molar-refractivity contribution < 1.29 is 14.7 Å². The molecule has 25 heavy (non-hydrogen) atoms. The summed E-state index contributed by atoms with van der Waals surface area (Å²) in [5.41, 5.74) is 1.71. The number of anilines is 2. The van der Waals surface area contributed by atoms with Crippen molar-refractivity contribution in [1.29, 1.82) is 5.26 Å². The maximum absolute atomic E-state index is 12.2. The van der Waals surface area contributed by atoms with Crippen molar-refractivity contribution in [2.24, 2.45) is 0 Å². The molecule has 0 unspecified atom stereocenters. The van der Waals surface area contributed by atoms with Crippen LogP contribution >= 0.6 is 11.6 Å². The maximum Gasteiger partial charge on any atom is 0.335 e. The second-order valence-corrected chi connectivity index (χ2v) is 5.55. The highest BCUT2D eigenvalue weighted by atomic mass is 35.5. The summed E-state index contributed by atoms with van der Waals surface area (Å²) in [6.45, 7) is 1.86. The third-order valence-corrected chi connectivity index (χ3v) is 3.54. The van der Waals surface area contributed by atoms with Gasteiger partial charge in [-0.1, -0.05) is 23.7 Å². The topological polar surface area (TPSA) is 102 Å². The first kappa shape index (κ1) is 18.0. The van der Waals surface area contributed by atoms with E-state index in [2.05, 4.69) is 10.6 Å².